The van der Waals surface area contributed by atoms with Crippen molar-refractivity contribution in [1.29, 1.82) is 0 Å². The number of benzene rings is 3. The van der Waals surface area contributed by atoms with Gasteiger partial charge in [-0.1, -0.05) is 67.4 Å². The summed E-state index contributed by atoms with van der Waals surface area (Å²) in [6.07, 6.45) is 4.23. The number of para-hydroxylation sites is 1. The second kappa shape index (κ2) is 12.3. The minimum absolute atomic E-state index is 0.0393. The molecular formula is C29H30F2N2O3. The van der Waals surface area contributed by atoms with Gasteiger partial charge in [-0.15, -0.1) is 0 Å². The summed E-state index contributed by atoms with van der Waals surface area (Å²) in [6, 6.07) is 20.4. The van der Waals surface area contributed by atoms with Gasteiger partial charge in [0, 0.05) is 19.0 Å². The number of halogens is 2. The Kier molecular flexibility index (Phi) is 8.66. The second-order valence-corrected chi connectivity index (χ2v) is 9.06. The number of nitrogens with one attached hydrogen (secondary N) is 1. The molecule has 1 saturated carbocycles. The summed E-state index contributed by atoms with van der Waals surface area (Å²) in [5.74, 6) is -1.71. The molecule has 4 rings (SSSR count). The van der Waals surface area contributed by atoms with E-state index in [1.54, 1.807) is 18.2 Å². The summed E-state index contributed by atoms with van der Waals surface area (Å²) in [7, 11) is 0. The molecule has 0 unspecified atom stereocenters. The maximum absolute atomic E-state index is 14.1. The fraction of sp³-hybridized carbons (Fsp3) is 0.310. The predicted octanol–water partition coefficient (Wildman–Crippen LogP) is 5.04. The maximum atomic E-state index is 14.1. The fourth-order valence-corrected chi connectivity index (χ4v) is 4.49. The molecule has 3 aromatic rings. The Bertz CT molecular complexity index is 1150. The molecule has 2 amide bonds. The van der Waals surface area contributed by atoms with Crippen molar-refractivity contribution in [1.82, 2.24) is 10.2 Å². The van der Waals surface area contributed by atoms with Crippen LogP contribution in [0.25, 0.3) is 0 Å². The Morgan fingerprint density at radius 1 is 0.889 bits per heavy atom. The van der Waals surface area contributed by atoms with Gasteiger partial charge in [0.1, 0.15) is 11.9 Å². The van der Waals surface area contributed by atoms with Gasteiger partial charge in [0.15, 0.2) is 18.2 Å². The van der Waals surface area contributed by atoms with Gasteiger partial charge in [-0.2, -0.15) is 0 Å². The van der Waals surface area contributed by atoms with Crippen molar-refractivity contribution in [2.75, 3.05) is 6.61 Å². The number of carbonyl (C=O) groups excluding carboxylic acids is 2. The average Bonchev–Trinajstić information content (AvgIpc) is 3.40. The summed E-state index contributed by atoms with van der Waals surface area (Å²) in [4.78, 5) is 28.5. The Morgan fingerprint density at radius 3 is 2.25 bits per heavy atom. The van der Waals surface area contributed by atoms with Gasteiger partial charge < -0.3 is 15.0 Å². The lowest BCUT2D eigenvalue weighted by atomic mass is 10.0. The van der Waals surface area contributed by atoms with E-state index < -0.39 is 24.4 Å². The lowest BCUT2D eigenvalue weighted by Gasteiger charge is -2.32. The van der Waals surface area contributed by atoms with Crippen LogP contribution in [0.4, 0.5) is 8.78 Å². The zero-order valence-electron chi connectivity index (χ0n) is 20.0. The normalized spacial score (nSPS) is 14.3. The summed E-state index contributed by atoms with van der Waals surface area (Å²) < 4.78 is 33.1. The van der Waals surface area contributed by atoms with E-state index in [2.05, 4.69) is 5.32 Å². The first-order chi connectivity index (χ1) is 17.5. The van der Waals surface area contributed by atoms with E-state index in [0.717, 1.165) is 31.2 Å². The van der Waals surface area contributed by atoms with Crippen LogP contribution in [-0.2, 0) is 22.6 Å². The van der Waals surface area contributed by atoms with E-state index in [1.807, 2.05) is 30.3 Å². The highest BCUT2D eigenvalue weighted by Crippen LogP contribution is 2.21. The first-order valence-corrected chi connectivity index (χ1v) is 12.2. The van der Waals surface area contributed by atoms with Gasteiger partial charge in [-0.05, 0) is 48.2 Å². The van der Waals surface area contributed by atoms with Crippen molar-refractivity contribution >= 4 is 11.8 Å². The maximum Gasteiger partial charge on any atom is 0.261 e. The van der Waals surface area contributed by atoms with Gasteiger partial charge in [-0.3, -0.25) is 9.59 Å². The van der Waals surface area contributed by atoms with Crippen LogP contribution in [0.5, 0.6) is 5.75 Å². The Labute approximate surface area is 210 Å². The largest absolute Gasteiger partial charge is 0.481 e. The molecule has 0 radical (unpaired) electrons. The summed E-state index contributed by atoms with van der Waals surface area (Å²) >= 11 is 0. The Morgan fingerprint density at radius 2 is 1.56 bits per heavy atom. The van der Waals surface area contributed by atoms with E-state index in [9.17, 15) is 18.4 Å². The van der Waals surface area contributed by atoms with Gasteiger partial charge in [0.05, 0.1) is 0 Å². The van der Waals surface area contributed by atoms with E-state index in [0.29, 0.717) is 12.0 Å². The molecule has 1 aliphatic carbocycles. The minimum Gasteiger partial charge on any atom is -0.481 e. The number of hydrogen-bond acceptors (Lipinski definition) is 3. The molecule has 0 spiro atoms. The fourth-order valence-electron chi connectivity index (χ4n) is 4.49. The first-order valence-electron chi connectivity index (χ1n) is 12.2. The molecule has 5 nitrogen and oxygen atoms in total. The smallest absolute Gasteiger partial charge is 0.261 e. The van der Waals surface area contributed by atoms with Gasteiger partial charge in [0.25, 0.3) is 5.91 Å². The number of amides is 2. The van der Waals surface area contributed by atoms with Crippen LogP contribution in [0.3, 0.4) is 0 Å². The van der Waals surface area contributed by atoms with Crippen LogP contribution in [0.1, 0.15) is 36.8 Å². The van der Waals surface area contributed by atoms with Crippen molar-refractivity contribution in [3.05, 3.63) is 102 Å². The van der Waals surface area contributed by atoms with Crippen molar-refractivity contribution in [3.8, 4) is 5.75 Å². The molecule has 0 bridgehead atoms. The van der Waals surface area contributed by atoms with Gasteiger partial charge >= 0.3 is 0 Å². The summed E-state index contributed by atoms with van der Waals surface area (Å²) in [5.41, 5.74) is 1.57. The zero-order valence-corrected chi connectivity index (χ0v) is 20.0. The van der Waals surface area contributed by atoms with E-state index in [4.69, 9.17) is 4.74 Å². The molecular weight excluding hydrogens is 462 g/mol. The number of rotatable bonds is 10. The van der Waals surface area contributed by atoms with Crippen LogP contribution in [-0.4, -0.2) is 35.4 Å². The number of ether oxygens (including phenoxy) is 1. The van der Waals surface area contributed by atoms with Crippen molar-refractivity contribution in [2.45, 2.75) is 50.7 Å². The third-order valence-electron chi connectivity index (χ3n) is 6.43. The SMILES string of the molecule is O=C(NC1CCCC1)[C@H](Cc1ccccc1)N(Cc1ccc(F)cc1)C(=O)COc1ccccc1F. The summed E-state index contributed by atoms with van der Waals surface area (Å²) in [6.45, 7) is -0.362. The number of nitrogens with zero attached hydrogens (tertiary/aromatic N) is 1. The van der Waals surface area contributed by atoms with E-state index in [1.165, 1.54) is 35.2 Å². The van der Waals surface area contributed by atoms with Gasteiger partial charge in [0.2, 0.25) is 5.91 Å². The third-order valence-corrected chi connectivity index (χ3v) is 6.43. The first kappa shape index (κ1) is 25.4. The molecule has 0 aliphatic heterocycles. The monoisotopic (exact) mass is 492 g/mol. The molecule has 1 fully saturated rings. The quantitative estimate of drug-likeness (QED) is 0.431. The molecule has 1 N–H and O–H groups in total. The molecule has 0 saturated heterocycles. The van der Waals surface area contributed by atoms with Crippen molar-refractivity contribution < 1.29 is 23.1 Å². The molecule has 3 aromatic carbocycles. The van der Waals surface area contributed by atoms with Crippen LogP contribution < -0.4 is 10.1 Å². The molecule has 1 aliphatic rings. The predicted molar refractivity (Wildman–Crippen MR) is 133 cm³/mol. The molecule has 7 heteroatoms. The second-order valence-electron chi connectivity index (χ2n) is 9.06. The topological polar surface area (TPSA) is 58.6 Å². The highest BCUT2D eigenvalue weighted by Gasteiger charge is 2.32. The molecule has 1 atom stereocenters. The number of hydrogen-bond donors (Lipinski definition) is 1. The van der Waals surface area contributed by atoms with E-state index >= 15 is 0 Å². The molecule has 0 aromatic heterocycles. The Balaban J connectivity index is 1.61. The lowest BCUT2D eigenvalue weighted by Crippen LogP contribution is -2.53. The highest BCUT2D eigenvalue weighted by atomic mass is 19.1. The molecule has 188 valence electrons. The standard InChI is InChI=1S/C29H30F2N2O3/c30-23-16-14-22(15-17-23)19-33(28(34)20-36-27-13-7-6-12-25(27)31)26(18-21-8-2-1-3-9-21)29(35)32-24-10-4-5-11-24/h1-3,6-9,12-17,24,26H,4-5,10-11,18-20H2,(H,32,35)/t26-/m0/s1. The minimum atomic E-state index is -0.824. The van der Waals surface area contributed by atoms with Gasteiger partial charge in [-0.25, -0.2) is 8.78 Å². The van der Waals surface area contributed by atoms with Crippen molar-refractivity contribution in [2.24, 2.45) is 0 Å². The number of carbonyl (C=O) groups is 2. The summed E-state index contributed by atoms with van der Waals surface area (Å²) in [5, 5.41) is 3.12. The van der Waals surface area contributed by atoms with Crippen molar-refractivity contribution in [3.63, 3.8) is 0 Å². The van der Waals surface area contributed by atoms with Crippen LogP contribution in [0.2, 0.25) is 0 Å². The average molecular weight is 493 g/mol. The van der Waals surface area contributed by atoms with Crippen LogP contribution in [0.15, 0.2) is 78.9 Å². The zero-order chi connectivity index (χ0) is 25.3. The molecule has 0 heterocycles. The third kappa shape index (κ3) is 6.90. The Hall–Kier alpha value is -3.74. The molecule has 36 heavy (non-hydrogen) atoms. The lowest BCUT2D eigenvalue weighted by molar-refractivity contribution is -0.143. The highest BCUT2D eigenvalue weighted by molar-refractivity contribution is 5.88. The van der Waals surface area contributed by atoms with Crippen LogP contribution >= 0.6 is 0 Å². The van der Waals surface area contributed by atoms with E-state index in [-0.39, 0.29) is 30.1 Å². The van der Waals surface area contributed by atoms with Crippen LogP contribution in [0, 0.1) is 11.6 Å².